The number of halogens is 4. The Bertz CT molecular complexity index is 524. The molecule has 0 N–H and O–H groups in total. The third-order valence-corrected chi connectivity index (χ3v) is 4.85. The molecule has 3 unspecified atom stereocenters. The lowest BCUT2D eigenvalue weighted by Crippen LogP contribution is -2.21. The van der Waals surface area contributed by atoms with Crippen LogP contribution in [0.25, 0.3) is 0 Å². The molecule has 1 aromatic carbocycles. The van der Waals surface area contributed by atoms with Gasteiger partial charge in [-0.1, -0.05) is 41.9 Å². The van der Waals surface area contributed by atoms with E-state index in [1.807, 2.05) is 6.92 Å². The molecule has 1 nitrogen and oxygen atoms in total. The van der Waals surface area contributed by atoms with Crippen molar-refractivity contribution in [3.05, 3.63) is 33.8 Å². The van der Waals surface area contributed by atoms with E-state index in [4.69, 9.17) is 0 Å². The van der Waals surface area contributed by atoms with E-state index in [9.17, 15) is 18.0 Å². The first-order valence-electron chi connectivity index (χ1n) is 6.62. The standard InChI is InChI=1S/C15H16BrF3O/c1-8-6-7-11(14(8)20)9(2)10-4-3-5-12(16)13(10)15(17,18)19/h3-5,8-9,11H,6-7H2,1-2H3. The van der Waals surface area contributed by atoms with Gasteiger partial charge in [-0.15, -0.1) is 0 Å². The lowest BCUT2D eigenvalue weighted by molar-refractivity contribution is -0.139. The number of carbonyl (C=O) groups excluding carboxylic acids is 1. The van der Waals surface area contributed by atoms with Gasteiger partial charge in [0, 0.05) is 16.3 Å². The molecule has 0 spiro atoms. The molecule has 2 rings (SSSR count). The summed E-state index contributed by atoms with van der Waals surface area (Å²) in [5, 5.41) is 0. The molecule has 1 aromatic rings. The minimum atomic E-state index is -4.42. The van der Waals surface area contributed by atoms with E-state index in [1.54, 1.807) is 13.0 Å². The van der Waals surface area contributed by atoms with E-state index in [0.717, 1.165) is 6.42 Å². The summed E-state index contributed by atoms with van der Waals surface area (Å²) in [6.45, 7) is 3.57. The molecule has 0 aliphatic heterocycles. The number of alkyl halides is 3. The van der Waals surface area contributed by atoms with Gasteiger partial charge in [-0.05, 0) is 30.4 Å². The summed E-state index contributed by atoms with van der Waals surface area (Å²) in [5.74, 6) is -0.670. The average Bonchev–Trinajstić information content (AvgIpc) is 2.67. The van der Waals surface area contributed by atoms with E-state index in [1.165, 1.54) is 12.1 Å². The Labute approximate surface area is 124 Å². The Morgan fingerprint density at radius 2 is 1.95 bits per heavy atom. The highest BCUT2D eigenvalue weighted by Gasteiger charge is 2.41. The van der Waals surface area contributed by atoms with Crippen LogP contribution in [-0.2, 0) is 11.0 Å². The Morgan fingerprint density at radius 3 is 2.45 bits per heavy atom. The molecule has 1 aliphatic carbocycles. The fourth-order valence-electron chi connectivity index (χ4n) is 3.01. The highest BCUT2D eigenvalue weighted by atomic mass is 79.9. The molecule has 0 radical (unpaired) electrons. The summed E-state index contributed by atoms with van der Waals surface area (Å²) in [5.41, 5.74) is -0.445. The van der Waals surface area contributed by atoms with E-state index in [-0.39, 0.29) is 27.7 Å². The lowest BCUT2D eigenvalue weighted by atomic mass is 9.83. The van der Waals surface area contributed by atoms with Crippen LogP contribution in [0.3, 0.4) is 0 Å². The van der Waals surface area contributed by atoms with Gasteiger partial charge in [0.05, 0.1) is 5.56 Å². The zero-order chi connectivity index (χ0) is 15.1. The molecule has 0 saturated heterocycles. The molecular formula is C15H16BrF3O. The number of benzene rings is 1. The van der Waals surface area contributed by atoms with Crippen LogP contribution < -0.4 is 0 Å². The quantitative estimate of drug-likeness (QED) is 0.718. The molecule has 0 amide bonds. The first-order chi connectivity index (χ1) is 9.23. The van der Waals surface area contributed by atoms with Crippen molar-refractivity contribution >= 4 is 21.7 Å². The van der Waals surface area contributed by atoms with Gasteiger partial charge >= 0.3 is 6.18 Å². The van der Waals surface area contributed by atoms with Gasteiger partial charge < -0.3 is 0 Å². The topological polar surface area (TPSA) is 17.1 Å². The van der Waals surface area contributed by atoms with Crippen molar-refractivity contribution in [2.24, 2.45) is 11.8 Å². The van der Waals surface area contributed by atoms with Crippen LogP contribution in [0, 0.1) is 11.8 Å². The number of hydrogen-bond donors (Lipinski definition) is 0. The van der Waals surface area contributed by atoms with E-state index >= 15 is 0 Å². The minimum Gasteiger partial charge on any atom is -0.299 e. The van der Waals surface area contributed by atoms with Crippen LogP contribution in [0.5, 0.6) is 0 Å². The van der Waals surface area contributed by atoms with E-state index < -0.39 is 17.7 Å². The molecule has 0 bridgehead atoms. The predicted molar refractivity (Wildman–Crippen MR) is 74.5 cm³/mol. The van der Waals surface area contributed by atoms with Crippen LogP contribution in [0.4, 0.5) is 13.2 Å². The zero-order valence-corrected chi connectivity index (χ0v) is 12.9. The minimum absolute atomic E-state index is 0.0350. The van der Waals surface area contributed by atoms with Crippen molar-refractivity contribution in [1.29, 1.82) is 0 Å². The van der Waals surface area contributed by atoms with Gasteiger partial charge in [-0.25, -0.2) is 0 Å². The molecule has 0 heterocycles. The summed E-state index contributed by atoms with van der Waals surface area (Å²) in [6, 6.07) is 4.46. The highest BCUT2D eigenvalue weighted by Crippen LogP contribution is 2.44. The summed E-state index contributed by atoms with van der Waals surface area (Å²) >= 11 is 2.98. The number of carbonyl (C=O) groups is 1. The molecule has 3 atom stereocenters. The highest BCUT2D eigenvalue weighted by molar-refractivity contribution is 9.10. The van der Waals surface area contributed by atoms with Crippen molar-refractivity contribution in [3.63, 3.8) is 0 Å². The molecule has 110 valence electrons. The van der Waals surface area contributed by atoms with Crippen molar-refractivity contribution in [2.75, 3.05) is 0 Å². The monoisotopic (exact) mass is 348 g/mol. The summed E-state index contributed by atoms with van der Waals surface area (Å²) in [7, 11) is 0. The number of ketones is 1. The van der Waals surface area contributed by atoms with Crippen LogP contribution in [0.2, 0.25) is 0 Å². The first kappa shape index (κ1) is 15.5. The average molecular weight is 349 g/mol. The van der Waals surface area contributed by atoms with Crippen LogP contribution in [-0.4, -0.2) is 5.78 Å². The van der Waals surface area contributed by atoms with Crippen LogP contribution in [0.1, 0.15) is 43.7 Å². The molecule has 1 aliphatic rings. The predicted octanol–water partition coefficient (Wildman–Crippen LogP) is 5.19. The first-order valence-corrected chi connectivity index (χ1v) is 7.42. The van der Waals surface area contributed by atoms with Gasteiger partial charge in [0.1, 0.15) is 5.78 Å². The number of Topliss-reactive ketones (excluding diaryl/α,β-unsaturated/α-hetero) is 1. The fraction of sp³-hybridized carbons (Fsp3) is 0.533. The van der Waals surface area contributed by atoms with Gasteiger partial charge in [-0.2, -0.15) is 13.2 Å². The Kier molecular flexibility index (Phi) is 4.28. The van der Waals surface area contributed by atoms with Gasteiger partial charge in [0.2, 0.25) is 0 Å². The van der Waals surface area contributed by atoms with Crippen molar-refractivity contribution in [1.82, 2.24) is 0 Å². The molecule has 1 saturated carbocycles. The van der Waals surface area contributed by atoms with Crippen molar-refractivity contribution < 1.29 is 18.0 Å². The maximum absolute atomic E-state index is 13.2. The smallest absolute Gasteiger partial charge is 0.299 e. The molecular weight excluding hydrogens is 333 g/mol. The summed E-state index contributed by atoms with van der Waals surface area (Å²) < 4.78 is 39.7. The maximum atomic E-state index is 13.2. The molecule has 5 heteroatoms. The zero-order valence-electron chi connectivity index (χ0n) is 11.3. The molecule has 0 aromatic heterocycles. The van der Waals surface area contributed by atoms with Crippen molar-refractivity contribution in [2.45, 2.75) is 38.8 Å². The normalized spacial score (nSPS) is 25.0. The van der Waals surface area contributed by atoms with Gasteiger partial charge in [0.15, 0.2) is 0 Å². The van der Waals surface area contributed by atoms with E-state index in [2.05, 4.69) is 15.9 Å². The fourth-order valence-corrected chi connectivity index (χ4v) is 3.62. The largest absolute Gasteiger partial charge is 0.417 e. The summed E-state index contributed by atoms with van der Waals surface area (Å²) in [6.07, 6.45) is -2.98. The SMILES string of the molecule is CC1CCC(C(C)c2cccc(Br)c2C(F)(F)F)C1=O. The van der Waals surface area contributed by atoms with Crippen LogP contribution in [0.15, 0.2) is 22.7 Å². The third kappa shape index (κ3) is 2.78. The second kappa shape index (κ2) is 5.51. The third-order valence-electron chi connectivity index (χ3n) is 4.19. The van der Waals surface area contributed by atoms with Crippen molar-refractivity contribution in [3.8, 4) is 0 Å². The van der Waals surface area contributed by atoms with Gasteiger partial charge in [0.25, 0.3) is 0 Å². The molecule has 20 heavy (non-hydrogen) atoms. The molecule has 1 fully saturated rings. The number of rotatable bonds is 2. The van der Waals surface area contributed by atoms with Crippen LogP contribution >= 0.6 is 15.9 Å². The Hall–Kier alpha value is -0.840. The lowest BCUT2D eigenvalue weighted by Gasteiger charge is -2.23. The maximum Gasteiger partial charge on any atom is 0.417 e. The van der Waals surface area contributed by atoms with E-state index in [0.29, 0.717) is 6.42 Å². The Balaban J connectivity index is 2.43. The van der Waals surface area contributed by atoms with Gasteiger partial charge in [-0.3, -0.25) is 4.79 Å². The number of hydrogen-bond acceptors (Lipinski definition) is 1. The summed E-state index contributed by atoms with van der Waals surface area (Å²) in [4.78, 5) is 12.1. The Morgan fingerprint density at radius 1 is 1.30 bits per heavy atom. The second-order valence-electron chi connectivity index (χ2n) is 5.48. The second-order valence-corrected chi connectivity index (χ2v) is 6.33.